The van der Waals surface area contributed by atoms with Gasteiger partial charge in [0, 0.05) is 5.69 Å². The highest BCUT2D eigenvalue weighted by atomic mass is 32.2. The zero-order chi connectivity index (χ0) is 21.1. The van der Waals surface area contributed by atoms with Gasteiger partial charge in [0.05, 0.1) is 0 Å². The Bertz CT molecular complexity index is 830. The standard InChI is InChI=1S/C21H25N3O4S/c1-29-12-11-18(24-21(22)27)20(26)28-14-19(25)23-17-10-6-5-9-16(17)13-15-7-3-2-4-8-15/h2-10,18H,11-14H2,1H3,(H,23,25)(H3,22,24,27)/t18-/m0/s1. The molecule has 0 heterocycles. The van der Waals surface area contributed by atoms with Gasteiger partial charge in [-0.25, -0.2) is 9.59 Å². The molecule has 7 nitrogen and oxygen atoms in total. The van der Waals surface area contributed by atoms with Crippen LogP contribution < -0.4 is 16.4 Å². The zero-order valence-corrected chi connectivity index (χ0v) is 17.0. The second-order valence-electron chi connectivity index (χ2n) is 6.32. The number of rotatable bonds is 10. The van der Waals surface area contributed by atoms with Gasteiger partial charge in [0.2, 0.25) is 0 Å². The predicted octanol–water partition coefficient (Wildman–Crippen LogP) is 2.55. The SMILES string of the molecule is CSCC[C@H](NC(N)=O)C(=O)OCC(=O)Nc1ccccc1Cc1ccccc1. The van der Waals surface area contributed by atoms with Crippen molar-refractivity contribution in [1.82, 2.24) is 5.32 Å². The van der Waals surface area contributed by atoms with Gasteiger partial charge in [-0.05, 0) is 42.0 Å². The highest BCUT2D eigenvalue weighted by molar-refractivity contribution is 7.98. The van der Waals surface area contributed by atoms with E-state index in [-0.39, 0.29) is 0 Å². The quantitative estimate of drug-likeness (QED) is 0.517. The van der Waals surface area contributed by atoms with Crippen LogP contribution in [0.2, 0.25) is 0 Å². The first-order valence-electron chi connectivity index (χ1n) is 9.13. The fourth-order valence-corrected chi connectivity index (χ4v) is 3.16. The van der Waals surface area contributed by atoms with E-state index in [0.29, 0.717) is 24.3 Å². The molecule has 2 rings (SSSR count). The molecule has 0 aliphatic rings. The summed E-state index contributed by atoms with van der Waals surface area (Å²) < 4.78 is 5.06. The highest BCUT2D eigenvalue weighted by Gasteiger charge is 2.22. The average Bonchev–Trinajstić information content (AvgIpc) is 2.71. The van der Waals surface area contributed by atoms with Gasteiger partial charge in [0.25, 0.3) is 5.91 Å². The average molecular weight is 416 g/mol. The van der Waals surface area contributed by atoms with Crippen LogP contribution in [0.5, 0.6) is 0 Å². The van der Waals surface area contributed by atoms with E-state index in [1.807, 2.05) is 54.8 Å². The summed E-state index contributed by atoms with van der Waals surface area (Å²) in [6, 6.07) is 15.7. The summed E-state index contributed by atoms with van der Waals surface area (Å²) >= 11 is 1.52. The molecule has 0 fully saturated rings. The van der Waals surface area contributed by atoms with Crippen molar-refractivity contribution in [2.24, 2.45) is 5.73 Å². The number of nitrogens with one attached hydrogen (secondary N) is 2. The third kappa shape index (κ3) is 7.87. The molecule has 29 heavy (non-hydrogen) atoms. The number of thioether (sulfide) groups is 1. The minimum Gasteiger partial charge on any atom is -0.454 e. The largest absolute Gasteiger partial charge is 0.454 e. The van der Waals surface area contributed by atoms with E-state index in [0.717, 1.165) is 11.1 Å². The lowest BCUT2D eigenvalue weighted by Gasteiger charge is -2.16. The van der Waals surface area contributed by atoms with Crippen molar-refractivity contribution >= 4 is 35.4 Å². The Morgan fingerprint density at radius 1 is 1.07 bits per heavy atom. The first-order valence-corrected chi connectivity index (χ1v) is 10.5. The molecule has 0 saturated carbocycles. The summed E-state index contributed by atoms with van der Waals surface area (Å²) in [5.74, 6) is -0.508. The lowest BCUT2D eigenvalue weighted by Crippen LogP contribution is -2.45. The van der Waals surface area contributed by atoms with Crippen molar-refractivity contribution in [3.05, 3.63) is 65.7 Å². The first-order chi connectivity index (χ1) is 14.0. The van der Waals surface area contributed by atoms with Crippen molar-refractivity contribution < 1.29 is 19.1 Å². The summed E-state index contributed by atoms with van der Waals surface area (Å²) in [5.41, 5.74) is 7.83. The van der Waals surface area contributed by atoms with Crippen molar-refractivity contribution in [2.45, 2.75) is 18.9 Å². The number of benzene rings is 2. The van der Waals surface area contributed by atoms with E-state index >= 15 is 0 Å². The fraction of sp³-hybridized carbons (Fsp3) is 0.286. The predicted molar refractivity (Wildman–Crippen MR) is 115 cm³/mol. The minimum absolute atomic E-state index is 0.366. The molecule has 154 valence electrons. The highest BCUT2D eigenvalue weighted by Crippen LogP contribution is 2.19. The van der Waals surface area contributed by atoms with Gasteiger partial charge in [-0.2, -0.15) is 11.8 Å². The van der Waals surface area contributed by atoms with Gasteiger partial charge >= 0.3 is 12.0 Å². The van der Waals surface area contributed by atoms with E-state index < -0.39 is 30.6 Å². The second-order valence-corrected chi connectivity index (χ2v) is 7.30. The van der Waals surface area contributed by atoms with Crippen LogP contribution in [0.3, 0.4) is 0 Å². The molecule has 0 unspecified atom stereocenters. The molecule has 2 aromatic carbocycles. The minimum atomic E-state index is -0.877. The van der Waals surface area contributed by atoms with Gasteiger partial charge in [-0.3, -0.25) is 4.79 Å². The van der Waals surface area contributed by atoms with Gasteiger partial charge in [-0.1, -0.05) is 48.5 Å². The number of carbonyl (C=O) groups is 3. The number of nitrogens with two attached hydrogens (primary N) is 1. The van der Waals surface area contributed by atoms with Crippen LogP contribution >= 0.6 is 11.8 Å². The van der Waals surface area contributed by atoms with E-state index in [1.165, 1.54) is 11.8 Å². The van der Waals surface area contributed by atoms with E-state index in [9.17, 15) is 14.4 Å². The zero-order valence-electron chi connectivity index (χ0n) is 16.2. The molecule has 8 heteroatoms. The molecule has 0 radical (unpaired) electrons. The third-order valence-corrected chi connectivity index (χ3v) is 4.73. The van der Waals surface area contributed by atoms with Crippen LogP contribution in [0.4, 0.5) is 10.5 Å². The number of amides is 3. The van der Waals surface area contributed by atoms with Gasteiger partial charge in [0.15, 0.2) is 6.61 Å². The van der Waals surface area contributed by atoms with Crippen LogP contribution in [0, 0.1) is 0 Å². The topological polar surface area (TPSA) is 111 Å². The molecule has 0 aromatic heterocycles. The number of urea groups is 1. The number of primary amides is 1. The molecule has 0 aliphatic carbocycles. The van der Waals surface area contributed by atoms with Gasteiger partial charge in [0.1, 0.15) is 6.04 Å². The molecule has 0 saturated heterocycles. The number of hydrogen-bond acceptors (Lipinski definition) is 5. The Labute approximate surface area is 174 Å². The maximum atomic E-state index is 12.3. The first kappa shape index (κ1) is 22.3. The monoisotopic (exact) mass is 415 g/mol. The summed E-state index contributed by atoms with van der Waals surface area (Å²) in [6.07, 6.45) is 2.91. The Morgan fingerprint density at radius 2 is 1.76 bits per heavy atom. The summed E-state index contributed by atoms with van der Waals surface area (Å²) in [5, 5.41) is 5.12. The van der Waals surface area contributed by atoms with Gasteiger partial charge in [-0.15, -0.1) is 0 Å². The molecular formula is C21H25N3O4S. The van der Waals surface area contributed by atoms with Crippen molar-refractivity contribution in [1.29, 1.82) is 0 Å². The van der Waals surface area contributed by atoms with Crippen molar-refractivity contribution in [3.63, 3.8) is 0 Å². The van der Waals surface area contributed by atoms with Crippen molar-refractivity contribution in [2.75, 3.05) is 23.9 Å². The number of esters is 1. The fourth-order valence-electron chi connectivity index (χ4n) is 2.69. The number of para-hydroxylation sites is 1. The number of ether oxygens (including phenoxy) is 1. The number of hydrogen-bond donors (Lipinski definition) is 3. The van der Waals surface area contributed by atoms with Gasteiger partial charge < -0.3 is 21.1 Å². The lowest BCUT2D eigenvalue weighted by atomic mass is 10.0. The molecule has 0 spiro atoms. The van der Waals surface area contributed by atoms with Crippen molar-refractivity contribution in [3.8, 4) is 0 Å². The number of carbonyl (C=O) groups excluding carboxylic acids is 3. The van der Waals surface area contributed by atoms with Crippen LogP contribution in [0.25, 0.3) is 0 Å². The van der Waals surface area contributed by atoms with Crippen LogP contribution in [-0.2, 0) is 20.7 Å². The molecule has 3 amide bonds. The number of anilines is 1. The van der Waals surface area contributed by atoms with Crippen LogP contribution in [-0.4, -0.2) is 42.6 Å². The lowest BCUT2D eigenvalue weighted by molar-refractivity contribution is -0.149. The Morgan fingerprint density at radius 3 is 2.45 bits per heavy atom. The maximum Gasteiger partial charge on any atom is 0.329 e. The normalized spacial score (nSPS) is 11.3. The summed E-state index contributed by atoms with van der Waals surface area (Å²) in [6.45, 7) is -0.450. The maximum absolute atomic E-state index is 12.3. The summed E-state index contributed by atoms with van der Waals surface area (Å²) in [7, 11) is 0. The Kier molecular flexibility index (Phi) is 9.04. The Balaban J connectivity index is 1.93. The molecule has 0 aliphatic heterocycles. The van der Waals surface area contributed by atoms with E-state index in [2.05, 4.69) is 10.6 Å². The smallest absolute Gasteiger partial charge is 0.329 e. The van der Waals surface area contributed by atoms with E-state index in [1.54, 1.807) is 6.07 Å². The molecule has 2 aromatic rings. The third-order valence-electron chi connectivity index (χ3n) is 4.09. The second kappa shape index (κ2) is 11.8. The molecule has 1 atom stereocenters. The molecule has 0 bridgehead atoms. The van der Waals surface area contributed by atoms with Crippen LogP contribution in [0.15, 0.2) is 54.6 Å². The van der Waals surface area contributed by atoms with Crippen LogP contribution in [0.1, 0.15) is 17.5 Å². The molecule has 4 N–H and O–H groups in total. The van der Waals surface area contributed by atoms with E-state index in [4.69, 9.17) is 10.5 Å². The summed E-state index contributed by atoms with van der Waals surface area (Å²) in [4.78, 5) is 35.5. The molecular weight excluding hydrogens is 390 g/mol. The Hall–Kier alpha value is -3.00.